The fraction of sp³-hybridized carbons (Fsp3) is 0.600. The fourth-order valence-corrected chi connectivity index (χ4v) is 2.49. The maximum absolute atomic E-state index is 5.97. The monoisotopic (exact) mass is 313 g/mol. The van der Waals surface area contributed by atoms with E-state index in [0.29, 0.717) is 11.8 Å². The molecule has 0 saturated heterocycles. The number of benzene rings is 1. The van der Waals surface area contributed by atoms with E-state index < -0.39 is 0 Å². The van der Waals surface area contributed by atoms with Crippen molar-refractivity contribution in [2.45, 2.75) is 40.2 Å². The van der Waals surface area contributed by atoms with Crippen LogP contribution >= 0.6 is 15.9 Å². The lowest BCUT2D eigenvalue weighted by molar-refractivity contribution is 0.236. The van der Waals surface area contributed by atoms with Crippen molar-refractivity contribution in [2.24, 2.45) is 17.6 Å². The first-order chi connectivity index (χ1) is 8.40. The molecule has 18 heavy (non-hydrogen) atoms. The first-order valence-electron chi connectivity index (χ1n) is 6.58. The van der Waals surface area contributed by atoms with Gasteiger partial charge in [-0.05, 0) is 43.4 Å². The first-order valence-corrected chi connectivity index (χ1v) is 7.37. The van der Waals surface area contributed by atoms with Crippen molar-refractivity contribution in [2.75, 3.05) is 6.61 Å². The van der Waals surface area contributed by atoms with Gasteiger partial charge in [-0.2, -0.15) is 0 Å². The third-order valence-corrected chi connectivity index (χ3v) is 3.35. The number of hydrogen-bond acceptors (Lipinski definition) is 2. The summed E-state index contributed by atoms with van der Waals surface area (Å²) in [7, 11) is 0. The van der Waals surface area contributed by atoms with Crippen LogP contribution in [0.15, 0.2) is 22.7 Å². The van der Waals surface area contributed by atoms with Crippen LogP contribution in [0.5, 0.6) is 5.75 Å². The van der Waals surface area contributed by atoms with E-state index in [1.165, 1.54) is 6.42 Å². The number of nitrogens with two attached hydrogens (primary N) is 1. The molecule has 0 bridgehead atoms. The number of rotatable bonds is 6. The van der Waals surface area contributed by atoms with Gasteiger partial charge in [-0.3, -0.25) is 0 Å². The van der Waals surface area contributed by atoms with Gasteiger partial charge >= 0.3 is 0 Å². The van der Waals surface area contributed by atoms with Gasteiger partial charge < -0.3 is 10.5 Å². The molecule has 0 spiro atoms. The van der Waals surface area contributed by atoms with Gasteiger partial charge in [-0.25, -0.2) is 0 Å². The van der Waals surface area contributed by atoms with Gasteiger partial charge in [0.2, 0.25) is 0 Å². The van der Waals surface area contributed by atoms with Crippen LogP contribution in [-0.4, -0.2) is 6.61 Å². The van der Waals surface area contributed by atoms with Crippen molar-refractivity contribution < 1.29 is 4.74 Å². The summed E-state index contributed by atoms with van der Waals surface area (Å²) in [5.41, 5.74) is 7.03. The van der Waals surface area contributed by atoms with Crippen molar-refractivity contribution >= 4 is 15.9 Å². The minimum absolute atomic E-state index is 0.0158. The highest BCUT2D eigenvalue weighted by atomic mass is 79.9. The molecule has 0 aliphatic rings. The quantitative estimate of drug-likeness (QED) is 0.837. The Bertz CT molecular complexity index is 377. The molecule has 0 radical (unpaired) electrons. The lowest BCUT2D eigenvalue weighted by atomic mass is 10.00. The van der Waals surface area contributed by atoms with E-state index in [9.17, 15) is 0 Å². The molecule has 0 heterocycles. The largest absolute Gasteiger partial charge is 0.493 e. The summed E-state index contributed by atoms with van der Waals surface area (Å²) in [5, 5.41) is 0. The van der Waals surface area contributed by atoms with Gasteiger partial charge in [0, 0.05) is 16.1 Å². The smallest absolute Gasteiger partial charge is 0.124 e. The molecule has 2 N–H and O–H groups in total. The minimum atomic E-state index is -0.0158. The molecule has 0 aromatic heterocycles. The molecule has 2 atom stereocenters. The average molecular weight is 314 g/mol. The Labute approximate surface area is 119 Å². The second-order valence-electron chi connectivity index (χ2n) is 5.52. The standard InChI is InChI=1S/C15H24BrNO/c1-10(2)7-11(3)9-18-15-6-5-13(16)8-14(15)12(4)17/h5-6,8,10-12H,7,9,17H2,1-4H3/t11?,12-/m0/s1. The van der Waals surface area contributed by atoms with Gasteiger partial charge in [0.05, 0.1) is 6.61 Å². The van der Waals surface area contributed by atoms with Crippen molar-refractivity contribution in [3.05, 3.63) is 28.2 Å². The first kappa shape index (κ1) is 15.5. The highest BCUT2D eigenvalue weighted by Crippen LogP contribution is 2.28. The molecule has 0 aliphatic heterocycles. The van der Waals surface area contributed by atoms with Crippen LogP contribution in [0.4, 0.5) is 0 Å². The highest BCUT2D eigenvalue weighted by molar-refractivity contribution is 9.10. The summed E-state index contributed by atoms with van der Waals surface area (Å²) < 4.78 is 6.95. The van der Waals surface area contributed by atoms with E-state index in [1.807, 2.05) is 25.1 Å². The van der Waals surface area contributed by atoms with E-state index in [4.69, 9.17) is 10.5 Å². The minimum Gasteiger partial charge on any atom is -0.493 e. The molecule has 1 unspecified atom stereocenters. The third kappa shape index (κ3) is 4.99. The summed E-state index contributed by atoms with van der Waals surface area (Å²) in [6.45, 7) is 9.43. The van der Waals surface area contributed by atoms with Crippen molar-refractivity contribution in [3.63, 3.8) is 0 Å². The normalized spacial score (nSPS) is 14.6. The predicted molar refractivity (Wildman–Crippen MR) is 80.9 cm³/mol. The Morgan fingerprint density at radius 1 is 1.22 bits per heavy atom. The number of ether oxygens (including phenoxy) is 1. The van der Waals surface area contributed by atoms with Crippen molar-refractivity contribution in [1.29, 1.82) is 0 Å². The Kier molecular flexibility index (Phi) is 6.16. The maximum Gasteiger partial charge on any atom is 0.124 e. The molecule has 102 valence electrons. The van der Waals surface area contributed by atoms with Gasteiger partial charge in [-0.15, -0.1) is 0 Å². The maximum atomic E-state index is 5.97. The molecule has 3 heteroatoms. The predicted octanol–water partition coefficient (Wildman–Crippen LogP) is 4.53. The molecule has 1 aromatic rings. The molecule has 1 rings (SSSR count). The van der Waals surface area contributed by atoms with Crippen LogP contribution in [0.2, 0.25) is 0 Å². The van der Waals surface area contributed by atoms with Crippen LogP contribution < -0.4 is 10.5 Å². The Hall–Kier alpha value is -0.540. The van der Waals surface area contributed by atoms with Gasteiger partial charge in [0.25, 0.3) is 0 Å². The zero-order chi connectivity index (χ0) is 13.7. The van der Waals surface area contributed by atoms with Gasteiger partial charge in [0.1, 0.15) is 5.75 Å². The average Bonchev–Trinajstić information content (AvgIpc) is 2.26. The topological polar surface area (TPSA) is 35.2 Å². The SMILES string of the molecule is CC(C)CC(C)COc1ccc(Br)cc1[C@H](C)N. The van der Waals surface area contributed by atoms with Crippen molar-refractivity contribution in [1.82, 2.24) is 0 Å². The molecular weight excluding hydrogens is 290 g/mol. The summed E-state index contributed by atoms with van der Waals surface area (Å²) in [6, 6.07) is 6.00. The molecule has 2 nitrogen and oxygen atoms in total. The van der Waals surface area contributed by atoms with E-state index in [2.05, 4.69) is 36.7 Å². The third-order valence-electron chi connectivity index (χ3n) is 2.86. The van der Waals surface area contributed by atoms with E-state index in [0.717, 1.165) is 22.4 Å². The van der Waals surface area contributed by atoms with E-state index in [-0.39, 0.29) is 6.04 Å². The lowest BCUT2D eigenvalue weighted by Crippen LogP contribution is -2.14. The molecule has 1 aromatic carbocycles. The molecule has 0 saturated carbocycles. The van der Waals surface area contributed by atoms with Crippen LogP contribution in [-0.2, 0) is 0 Å². The Balaban J connectivity index is 2.67. The molecule has 0 amide bonds. The van der Waals surface area contributed by atoms with Gasteiger partial charge in [-0.1, -0.05) is 36.7 Å². The van der Waals surface area contributed by atoms with E-state index >= 15 is 0 Å². The van der Waals surface area contributed by atoms with Crippen molar-refractivity contribution in [3.8, 4) is 5.75 Å². The van der Waals surface area contributed by atoms with E-state index in [1.54, 1.807) is 0 Å². The second-order valence-corrected chi connectivity index (χ2v) is 6.43. The summed E-state index contributed by atoms with van der Waals surface area (Å²) in [6.07, 6.45) is 1.18. The van der Waals surface area contributed by atoms with Crippen LogP contribution in [0, 0.1) is 11.8 Å². The van der Waals surface area contributed by atoms with Crippen LogP contribution in [0.3, 0.4) is 0 Å². The summed E-state index contributed by atoms with van der Waals surface area (Å²) >= 11 is 3.47. The second kappa shape index (κ2) is 7.15. The summed E-state index contributed by atoms with van der Waals surface area (Å²) in [5.74, 6) is 2.18. The Morgan fingerprint density at radius 3 is 2.44 bits per heavy atom. The van der Waals surface area contributed by atoms with Gasteiger partial charge in [0.15, 0.2) is 0 Å². The molecule has 0 aliphatic carbocycles. The lowest BCUT2D eigenvalue weighted by Gasteiger charge is -2.18. The summed E-state index contributed by atoms with van der Waals surface area (Å²) in [4.78, 5) is 0. The molecule has 0 fully saturated rings. The zero-order valence-electron chi connectivity index (χ0n) is 11.7. The highest BCUT2D eigenvalue weighted by Gasteiger charge is 2.11. The van der Waals surface area contributed by atoms with Crippen LogP contribution in [0.25, 0.3) is 0 Å². The zero-order valence-corrected chi connectivity index (χ0v) is 13.3. The Morgan fingerprint density at radius 2 is 1.89 bits per heavy atom. The fourth-order valence-electron chi connectivity index (χ4n) is 2.11. The molecular formula is C15H24BrNO. The number of halogens is 1. The number of hydrogen-bond donors (Lipinski definition) is 1. The van der Waals surface area contributed by atoms with Crippen LogP contribution in [0.1, 0.15) is 45.7 Å².